The molecule has 1 aromatic carbocycles. The molecule has 10 atom stereocenters. The van der Waals surface area contributed by atoms with Gasteiger partial charge in [0.2, 0.25) is 41.4 Å². The number of nitrogens with two attached hydrogens (primary N) is 1. The van der Waals surface area contributed by atoms with Crippen molar-refractivity contribution in [2.75, 3.05) is 52.6 Å². The van der Waals surface area contributed by atoms with E-state index in [-0.39, 0.29) is 53.3 Å². The molecule has 24 nitrogen and oxygen atoms in total. The average molecular weight is 900 g/mol. The molecule has 1 saturated heterocycles. The van der Waals surface area contributed by atoms with Crippen molar-refractivity contribution in [1.29, 1.82) is 0 Å². The Balaban J connectivity index is 1.94. The van der Waals surface area contributed by atoms with E-state index in [1.54, 1.807) is 0 Å². The van der Waals surface area contributed by atoms with Crippen LogP contribution in [0.15, 0.2) is 23.2 Å². The number of hydrogen-bond donors (Lipinski definition) is 12. The van der Waals surface area contributed by atoms with Gasteiger partial charge in [0.1, 0.15) is 40.3 Å². The average Bonchev–Trinajstić information content (AvgIpc) is 3.75. The number of benzene rings is 1. The molecular formula is C35H51N10O14S2-. The van der Waals surface area contributed by atoms with Crippen molar-refractivity contribution in [2.24, 2.45) is 11.7 Å². The summed E-state index contributed by atoms with van der Waals surface area (Å²) in [6.45, 7) is -0.734. The van der Waals surface area contributed by atoms with Gasteiger partial charge in [-0.25, -0.2) is 4.21 Å². The van der Waals surface area contributed by atoms with Crippen LogP contribution >= 0.6 is 0 Å². The van der Waals surface area contributed by atoms with Crippen molar-refractivity contribution >= 4 is 74.4 Å². The summed E-state index contributed by atoms with van der Waals surface area (Å²) in [5, 5.41) is 48.9. The quantitative estimate of drug-likeness (QED) is 0.0832. The Kier molecular flexibility index (Phi) is 17.6. The number of nitrogens with one attached hydrogen (secondary N) is 8. The molecule has 2 aliphatic heterocycles. The van der Waals surface area contributed by atoms with E-state index >= 15 is 0 Å². The molecule has 0 bridgehead atoms. The largest absolute Gasteiger partial charge is 0.740 e. The van der Waals surface area contributed by atoms with Crippen LogP contribution in [0.2, 0.25) is 0 Å². The second-order valence-electron chi connectivity index (χ2n) is 14.6. The van der Waals surface area contributed by atoms with Gasteiger partial charge >= 0.3 is 0 Å². The number of amides is 7. The molecule has 7 amide bonds. The van der Waals surface area contributed by atoms with E-state index in [0.717, 1.165) is 0 Å². The third kappa shape index (κ3) is 13.2. The van der Waals surface area contributed by atoms with E-state index in [1.807, 2.05) is 0 Å². The Hall–Kier alpha value is -5.09. The van der Waals surface area contributed by atoms with E-state index < -0.39 is 144 Å². The highest BCUT2D eigenvalue weighted by Crippen LogP contribution is 2.30. The molecule has 13 N–H and O–H groups in total. The predicted octanol–water partition coefficient (Wildman–Crippen LogP) is -6.67. The van der Waals surface area contributed by atoms with Crippen molar-refractivity contribution in [1.82, 2.24) is 47.1 Å². The summed E-state index contributed by atoms with van der Waals surface area (Å²) in [5.74, 6) is -7.94. The van der Waals surface area contributed by atoms with Crippen molar-refractivity contribution in [2.45, 2.75) is 73.6 Å². The van der Waals surface area contributed by atoms with Crippen molar-refractivity contribution in [3.05, 3.63) is 23.8 Å². The summed E-state index contributed by atoms with van der Waals surface area (Å²) < 4.78 is 42.0. The van der Waals surface area contributed by atoms with E-state index in [9.17, 15) is 61.9 Å². The van der Waals surface area contributed by atoms with Crippen molar-refractivity contribution < 1.29 is 66.0 Å². The molecule has 0 saturated carbocycles. The van der Waals surface area contributed by atoms with Crippen LogP contribution < -0.4 is 47.1 Å². The molecule has 3 heterocycles. The Morgan fingerprint density at radius 1 is 1.07 bits per heavy atom. The van der Waals surface area contributed by atoms with E-state index in [1.165, 1.54) is 44.1 Å². The van der Waals surface area contributed by atoms with Crippen LogP contribution in [0.4, 0.5) is 0 Å². The van der Waals surface area contributed by atoms with Gasteiger partial charge in [0.05, 0.1) is 66.1 Å². The number of likely N-dealkylation sites (N-methyl/N-ethyl adjacent to an activating group) is 2. The van der Waals surface area contributed by atoms with E-state index in [4.69, 9.17) is 9.92 Å². The van der Waals surface area contributed by atoms with Crippen LogP contribution in [-0.2, 0) is 62.1 Å². The molecule has 338 valence electrons. The fraction of sp³-hybridized carbons (Fsp3) is 0.571. The standard InChI is InChI=1S/C35H52N10O14S2/c1-16(26(48)14-46)30-34(55)42-23(31(52)39-11-28(50)38-3)9-21-20-5-4-19(59-61(57)58)8-22(20)43-35(21)60(56)15-24(41-29(51)10-37-2)32(53)40-17(6-27(36)49)12-45-13-18(47)7-25(45)33(54)44-30/h4-5,8,16-18,23-26,30,37,43,46-48H,6-7,9-15H2,1-3H3,(H2,36,49)(H,38,50)(H,39,52)(H,40,53)(H,41,51)(H,42,55)(H,44,54)(H,57,58)/p-1/t16-,17-,18+,23-,24-,25-,26-,30-,60?/m0/s1. The number of nitrogens with zero attached hydrogens (tertiary/aromatic N) is 1. The number of hydrogen-bond acceptors (Lipinski definition) is 16. The predicted molar refractivity (Wildman–Crippen MR) is 214 cm³/mol. The van der Waals surface area contributed by atoms with Gasteiger partial charge in [0.25, 0.3) is 0 Å². The summed E-state index contributed by atoms with van der Waals surface area (Å²) in [5.41, 5.74) is 5.73. The maximum absolute atomic E-state index is 14.5. The lowest BCUT2D eigenvalue weighted by molar-refractivity contribution is -0.136. The second kappa shape index (κ2) is 22.1. The zero-order chi connectivity index (χ0) is 45.1. The van der Waals surface area contributed by atoms with Crippen LogP contribution in [0.1, 0.15) is 25.3 Å². The Morgan fingerprint density at radius 3 is 2.43 bits per heavy atom. The van der Waals surface area contributed by atoms with E-state index in [2.05, 4.69) is 42.2 Å². The zero-order valence-corrected chi connectivity index (χ0v) is 35.0. The highest BCUT2D eigenvalue weighted by Gasteiger charge is 2.42. The number of H-pyrrole nitrogens is 1. The molecule has 61 heavy (non-hydrogen) atoms. The number of aromatic amines is 1. The van der Waals surface area contributed by atoms with Gasteiger partial charge in [-0.3, -0.25) is 42.7 Å². The number of carbonyl (C=O) groups excluding carboxylic acids is 7. The zero-order valence-electron chi connectivity index (χ0n) is 33.4. The maximum Gasteiger partial charge on any atom is 0.243 e. The number of primary amides is 1. The van der Waals surface area contributed by atoms with Crippen LogP contribution in [0.5, 0.6) is 5.75 Å². The molecule has 26 heteroatoms. The SMILES string of the molecule is CNCC(=O)N[C@H]1CS(=O)c2[nH]c3cc(OS(=O)[O-])ccc3c2C[C@@H](C(=O)NCC(=O)NC)NC(=O)[C@H]([C@@H](C)[C@@H](O)CO)NC(=O)[C@@H]2C[C@@H](O)CN2C[C@H](CC(N)=O)NC1=O. The topological polar surface area (TPSA) is 376 Å². The van der Waals surface area contributed by atoms with Crippen molar-refractivity contribution in [3.8, 4) is 5.75 Å². The van der Waals surface area contributed by atoms with Gasteiger partial charge in [-0.1, -0.05) is 6.92 Å². The van der Waals surface area contributed by atoms with Crippen molar-refractivity contribution in [3.63, 3.8) is 0 Å². The molecule has 0 aliphatic carbocycles. The first-order valence-corrected chi connectivity index (χ1v) is 21.3. The maximum atomic E-state index is 14.5. The summed E-state index contributed by atoms with van der Waals surface area (Å²) in [7, 11) is 0.484. The van der Waals surface area contributed by atoms with Gasteiger partial charge in [0.15, 0.2) is 0 Å². The van der Waals surface area contributed by atoms with Crippen LogP contribution in [0, 0.1) is 5.92 Å². The van der Waals surface area contributed by atoms with Gasteiger partial charge in [0, 0.05) is 50.3 Å². The molecule has 0 spiro atoms. The van der Waals surface area contributed by atoms with Gasteiger partial charge < -0.3 is 72.0 Å². The first-order valence-electron chi connectivity index (χ1n) is 19.0. The molecule has 2 aliphatic rings. The molecule has 4 rings (SSSR count). The number of fused-ring (bicyclic) bond motifs is 4. The van der Waals surface area contributed by atoms with Crippen LogP contribution in [0.3, 0.4) is 0 Å². The Bertz CT molecular complexity index is 2020. The van der Waals surface area contributed by atoms with Gasteiger partial charge in [-0.2, -0.15) is 0 Å². The summed E-state index contributed by atoms with van der Waals surface area (Å²) in [4.78, 5) is 97.9. The monoisotopic (exact) mass is 899 g/mol. The number of aliphatic hydroxyl groups is 3. The highest BCUT2D eigenvalue weighted by atomic mass is 32.2. The first-order chi connectivity index (χ1) is 28.8. The number of aromatic nitrogens is 1. The Morgan fingerprint density at radius 2 is 1.79 bits per heavy atom. The third-order valence-electron chi connectivity index (χ3n) is 10.1. The van der Waals surface area contributed by atoms with Gasteiger partial charge in [-0.15, -0.1) is 0 Å². The molecule has 0 radical (unpaired) electrons. The Labute approximate surface area is 354 Å². The van der Waals surface area contributed by atoms with Crippen LogP contribution in [0.25, 0.3) is 10.9 Å². The third-order valence-corrected chi connectivity index (χ3v) is 11.9. The minimum atomic E-state index is -3.00. The molecule has 1 aromatic heterocycles. The second-order valence-corrected chi connectivity index (χ2v) is 16.6. The number of aliphatic hydroxyl groups excluding tert-OH is 3. The summed E-state index contributed by atoms with van der Waals surface area (Å²) in [6.07, 6.45) is -3.85. The minimum absolute atomic E-state index is 0.0802. The smallest absolute Gasteiger partial charge is 0.243 e. The normalized spacial score (nSPS) is 25.8. The first kappa shape index (κ1) is 48.6. The molecule has 2 unspecified atom stereocenters. The molecule has 2 aromatic rings. The van der Waals surface area contributed by atoms with E-state index in [0.29, 0.717) is 0 Å². The highest BCUT2D eigenvalue weighted by molar-refractivity contribution is 7.85. The van der Waals surface area contributed by atoms with Crippen LogP contribution in [-0.4, -0.2) is 175 Å². The fourth-order valence-corrected chi connectivity index (χ4v) is 8.69. The lowest BCUT2D eigenvalue weighted by atomic mass is 9.94. The molecule has 1 fully saturated rings. The summed E-state index contributed by atoms with van der Waals surface area (Å²) >= 11 is -3.00. The number of carbonyl (C=O) groups is 7. The van der Waals surface area contributed by atoms with Gasteiger partial charge in [-0.05, 0) is 31.2 Å². The number of rotatable bonds is 13. The minimum Gasteiger partial charge on any atom is -0.740 e. The fourth-order valence-electron chi connectivity index (χ4n) is 7.03. The molecular weight excluding hydrogens is 849 g/mol. The summed E-state index contributed by atoms with van der Waals surface area (Å²) in [6, 6.07) is -3.33. The lowest BCUT2D eigenvalue weighted by Crippen LogP contribution is -2.61. The lowest BCUT2D eigenvalue weighted by Gasteiger charge is -2.32.